The zero-order valence-corrected chi connectivity index (χ0v) is 15.2. The zero-order valence-electron chi connectivity index (χ0n) is 15.2. The molecular formula is C23H18N4O. The molecule has 2 heterocycles. The molecule has 5 nitrogen and oxygen atoms in total. The van der Waals surface area contributed by atoms with Gasteiger partial charge in [0.1, 0.15) is 6.33 Å². The molecule has 5 heteroatoms. The molecule has 2 aliphatic rings. The summed E-state index contributed by atoms with van der Waals surface area (Å²) in [5, 5.41) is 3.02. The molecule has 1 amide bonds. The van der Waals surface area contributed by atoms with Crippen LogP contribution in [0.2, 0.25) is 0 Å². The largest absolute Gasteiger partial charge is 0.348 e. The highest BCUT2D eigenvalue weighted by Gasteiger charge is 2.28. The van der Waals surface area contributed by atoms with Crippen LogP contribution < -0.4 is 5.32 Å². The predicted octanol–water partition coefficient (Wildman–Crippen LogP) is 3.10. The molecule has 0 bridgehead atoms. The van der Waals surface area contributed by atoms with Crippen LogP contribution >= 0.6 is 0 Å². The molecule has 1 saturated carbocycles. The number of hydrogen-bond donors (Lipinski definition) is 1. The van der Waals surface area contributed by atoms with Gasteiger partial charge in [-0.1, -0.05) is 36.3 Å². The Hall–Kier alpha value is -3.65. The molecule has 28 heavy (non-hydrogen) atoms. The Labute approximate surface area is 163 Å². The third kappa shape index (κ3) is 2.80. The molecule has 1 fully saturated rings. The summed E-state index contributed by atoms with van der Waals surface area (Å²) in [4.78, 5) is 21.9. The number of fused-ring (bicyclic) bond motifs is 3. The number of benzene rings is 2. The first-order chi connectivity index (χ1) is 13.7. The summed E-state index contributed by atoms with van der Waals surface area (Å²) in [6, 6.07) is 16.2. The van der Waals surface area contributed by atoms with E-state index in [1.807, 2.05) is 53.1 Å². The van der Waals surface area contributed by atoms with Crippen LogP contribution in [0, 0.1) is 12.3 Å². The van der Waals surface area contributed by atoms with Crippen LogP contribution in [0.3, 0.4) is 0 Å². The monoisotopic (exact) mass is 366 g/mol. The lowest BCUT2D eigenvalue weighted by Gasteiger charge is -2.12. The van der Waals surface area contributed by atoms with Gasteiger partial charge >= 0.3 is 0 Å². The van der Waals surface area contributed by atoms with Crippen molar-refractivity contribution in [2.75, 3.05) is 0 Å². The average molecular weight is 366 g/mol. The van der Waals surface area contributed by atoms with Crippen LogP contribution in [0.5, 0.6) is 0 Å². The highest BCUT2D eigenvalue weighted by atomic mass is 16.2. The number of rotatable bonds is 3. The van der Waals surface area contributed by atoms with Crippen molar-refractivity contribution >= 4 is 11.6 Å². The van der Waals surface area contributed by atoms with Gasteiger partial charge in [-0.05, 0) is 31.0 Å². The Morgan fingerprint density at radius 2 is 2.00 bits per heavy atom. The van der Waals surface area contributed by atoms with Gasteiger partial charge in [0, 0.05) is 22.7 Å². The van der Waals surface area contributed by atoms with Gasteiger partial charge in [-0.2, -0.15) is 0 Å². The minimum Gasteiger partial charge on any atom is -0.348 e. The molecule has 0 unspecified atom stereocenters. The van der Waals surface area contributed by atoms with E-state index in [0.29, 0.717) is 12.2 Å². The highest BCUT2D eigenvalue weighted by Crippen LogP contribution is 2.28. The number of aromatic nitrogens is 2. The lowest BCUT2D eigenvalue weighted by atomic mass is 9.98. The maximum atomic E-state index is 12.6. The summed E-state index contributed by atoms with van der Waals surface area (Å²) in [7, 11) is 0. The first kappa shape index (κ1) is 16.5. The number of amides is 1. The van der Waals surface area contributed by atoms with Gasteiger partial charge in [-0.3, -0.25) is 14.4 Å². The van der Waals surface area contributed by atoms with Gasteiger partial charge in [0.25, 0.3) is 5.91 Å². The van der Waals surface area contributed by atoms with Gasteiger partial charge in [0.15, 0.2) is 5.69 Å². The van der Waals surface area contributed by atoms with E-state index in [1.54, 1.807) is 6.33 Å². The quantitative estimate of drug-likeness (QED) is 0.724. The van der Waals surface area contributed by atoms with E-state index in [1.165, 1.54) is 0 Å². The van der Waals surface area contributed by atoms with Gasteiger partial charge in [-0.25, -0.2) is 4.98 Å². The molecule has 136 valence electrons. The molecule has 0 atom stereocenters. The first-order valence-electron chi connectivity index (χ1n) is 9.33. The van der Waals surface area contributed by atoms with E-state index in [4.69, 9.17) is 11.4 Å². The van der Waals surface area contributed by atoms with Gasteiger partial charge in [0.05, 0.1) is 23.6 Å². The average Bonchev–Trinajstić information content (AvgIpc) is 3.47. The van der Waals surface area contributed by atoms with E-state index in [-0.39, 0.29) is 11.9 Å². The fourth-order valence-corrected chi connectivity index (χ4v) is 3.51. The normalized spacial score (nSPS) is 14.9. The molecule has 1 aliphatic carbocycles. The molecule has 0 saturated heterocycles. The van der Waals surface area contributed by atoms with Crippen molar-refractivity contribution in [2.45, 2.75) is 25.4 Å². The number of hydrogen-bond acceptors (Lipinski definition) is 3. The van der Waals surface area contributed by atoms with Crippen molar-refractivity contribution < 1.29 is 4.79 Å². The number of terminal acetylenes is 1. The third-order valence-corrected chi connectivity index (χ3v) is 5.11. The number of nitrogens with zero attached hydrogens (tertiary/aromatic N) is 3. The number of aliphatic imine (C=N–C) groups is 1. The molecule has 2 aromatic carbocycles. The maximum absolute atomic E-state index is 12.6. The van der Waals surface area contributed by atoms with Crippen molar-refractivity contribution in [3.8, 4) is 18.0 Å². The Morgan fingerprint density at radius 1 is 1.18 bits per heavy atom. The van der Waals surface area contributed by atoms with Gasteiger partial charge in [-0.15, -0.1) is 6.42 Å². The van der Waals surface area contributed by atoms with E-state index >= 15 is 0 Å². The number of carbonyl (C=O) groups excluding carboxylic acids is 1. The first-order valence-corrected chi connectivity index (χ1v) is 9.33. The van der Waals surface area contributed by atoms with E-state index in [2.05, 4.69) is 16.2 Å². The van der Waals surface area contributed by atoms with Crippen molar-refractivity contribution in [1.29, 1.82) is 0 Å². The summed E-state index contributed by atoms with van der Waals surface area (Å²) in [6.45, 7) is 0.373. The maximum Gasteiger partial charge on any atom is 0.272 e. The van der Waals surface area contributed by atoms with Gasteiger partial charge in [0.2, 0.25) is 0 Å². The van der Waals surface area contributed by atoms with Crippen molar-refractivity contribution in [3.63, 3.8) is 0 Å². The molecule has 1 aromatic heterocycles. The zero-order chi connectivity index (χ0) is 19.1. The SMILES string of the molecule is C#Cc1ccc2c(c1)C(c1ccccc1)=NCc1c(C(=O)NC3CC3)ncn1-2. The lowest BCUT2D eigenvalue weighted by molar-refractivity contribution is 0.0945. The molecular weight excluding hydrogens is 348 g/mol. The second-order valence-electron chi connectivity index (χ2n) is 7.06. The molecule has 1 N–H and O–H groups in total. The summed E-state index contributed by atoms with van der Waals surface area (Å²) >= 11 is 0. The van der Waals surface area contributed by atoms with E-state index in [9.17, 15) is 4.79 Å². The van der Waals surface area contributed by atoms with Crippen LogP contribution in [0.1, 0.15) is 45.7 Å². The Kier molecular flexibility index (Phi) is 3.84. The smallest absolute Gasteiger partial charge is 0.272 e. The number of nitrogens with one attached hydrogen (secondary N) is 1. The third-order valence-electron chi connectivity index (χ3n) is 5.11. The van der Waals surface area contributed by atoms with Crippen LogP contribution in [-0.2, 0) is 6.54 Å². The van der Waals surface area contributed by atoms with E-state index in [0.717, 1.165) is 46.6 Å². The lowest BCUT2D eigenvalue weighted by Crippen LogP contribution is -2.26. The summed E-state index contributed by atoms with van der Waals surface area (Å²) in [6.07, 6.45) is 9.41. The summed E-state index contributed by atoms with van der Waals surface area (Å²) in [5.74, 6) is 2.57. The standard InChI is InChI=1S/C23H18N4O/c1-2-15-8-11-19-18(12-15)21(16-6-4-3-5-7-16)24-13-20-22(25-14-27(19)20)23(28)26-17-9-10-17/h1,3-8,11-12,14,17H,9-10,13H2,(H,26,28). The van der Waals surface area contributed by atoms with Crippen molar-refractivity contribution in [1.82, 2.24) is 14.9 Å². The number of imidazole rings is 1. The second kappa shape index (κ2) is 6.50. The minimum absolute atomic E-state index is 0.128. The Bertz CT molecular complexity index is 1150. The molecule has 0 radical (unpaired) electrons. The Balaban J connectivity index is 1.67. The van der Waals surface area contributed by atoms with Crippen molar-refractivity contribution in [3.05, 3.63) is 82.9 Å². The molecule has 5 rings (SSSR count). The van der Waals surface area contributed by atoms with Gasteiger partial charge < -0.3 is 5.32 Å². The van der Waals surface area contributed by atoms with Crippen LogP contribution in [0.25, 0.3) is 5.69 Å². The van der Waals surface area contributed by atoms with E-state index < -0.39 is 0 Å². The Morgan fingerprint density at radius 3 is 2.75 bits per heavy atom. The molecule has 3 aromatic rings. The minimum atomic E-state index is -0.128. The summed E-state index contributed by atoms with van der Waals surface area (Å²) in [5.41, 5.74) is 5.76. The van der Waals surface area contributed by atoms with Crippen LogP contribution in [0.15, 0.2) is 59.9 Å². The van der Waals surface area contributed by atoms with Crippen LogP contribution in [0.4, 0.5) is 0 Å². The fraction of sp³-hybridized carbons (Fsp3) is 0.174. The fourth-order valence-electron chi connectivity index (χ4n) is 3.51. The second-order valence-corrected chi connectivity index (χ2v) is 7.06. The predicted molar refractivity (Wildman–Crippen MR) is 108 cm³/mol. The summed E-state index contributed by atoms with van der Waals surface area (Å²) < 4.78 is 1.96. The molecule has 0 spiro atoms. The number of carbonyl (C=O) groups is 1. The topological polar surface area (TPSA) is 59.3 Å². The van der Waals surface area contributed by atoms with Crippen molar-refractivity contribution in [2.24, 2.45) is 4.99 Å². The highest BCUT2D eigenvalue weighted by molar-refractivity contribution is 6.15. The van der Waals surface area contributed by atoms with Crippen LogP contribution in [-0.4, -0.2) is 27.2 Å². The molecule has 1 aliphatic heterocycles.